The molecule has 0 unspecified atom stereocenters. The molecule has 0 aliphatic carbocycles. The number of hydrogen-bond donors (Lipinski definition) is 0. The van der Waals surface area contributed by atoms with E-state index >= 15 is 0 Å². The van der Waals surface area contributed by atoms with Crippen LogP contribution in [0, 0.1) is 12.7 Å². The van der Waals surface area contributed by atoms with Crippen LogP contribution in [-0.4, -0.2) is 10.8 Å². The maximum atomic E-state index is 13.4. The van der Waals surface area contributed by atoms with Crippen LogP contribution in [0.3, 0.4) is 0 Å². The summed E-state index contributed by atoms with van der Waals surface area (Å²) in [5, 5.41) is 0. The highest BCUT2D eigenvalue weighted by Crippen LogP contribution is 2.31. The van der Waals surface area contributed by atoms with Crippen molar-refractivity contribution >= 4 is 5.78 Å². The van der Waals surface area contributed by atoms with E-state index in [4.69, 9.17) is 0 Å². The van der Waals surface area contributed by atoms with Crippen molar-refractivity contribution in [3.8, 4) is 0 Å². The molecular weight excluding hydrogens is 274 g/mol. The Morgan fingerprint density at radius 1 is 1.20 bits per heavy atom. The lowest BCUT2D eigenvalue weighted by atomic mass is 9.99. The summed E-state index contributed by atoms with van der Waals surface area (Å²) >= 11 is 0. The standard InChI is InChI=1S/C14H9F4NO/c1-8-7-19-5-4-10(8)13(20)9-2-3-11(12(15)6-9)14(16,17)18/h2-7H,1H3. The molecule has 0 atom stereocenters. The summed E-state index contributed by atoms with van der Waals surface area (Å²) in [5.41, 5.74) is -0.678. The fourth-order valence-electron chi connectivity index (χ4n) is 1.77. The normalized spacial score (nSPS) is 11.4. The first-order valence-corrected chi connectivity index (χ1v) is 5.63. The van der Waals surface area contributed by atoms with Gasteiger partial charge in [0.05, 0.1) is 5.56 Å². The molecule has 0 spiro atoms. The molecule has 1 heterocycles. The molecule has 0 bridgehead atoms. The number of aromatic nitrogens is 1. The lowest BCUT2D eigenvalue weighted by Gasteiger charge is -2.09. The largest absolute Gasteiger partial charge is 0.419 e. The minimum absolute atomic E-state index is 0.134. The molecule has 104 valence electrons. The molecule has 0 aliphatic heterocycles. The lowest BCUT2D eigenvalue weighted by Crippen LogP contribution is -2.10. The molecule has 0 radical (unpaired) electrons. The predicted molar refractivity (Wildman–Crippen MR) is 63.8 cm³/mol. The van der Waals surface area contributed by atoms with E-state index in [-0.39, 0.29) is 11.1 Å². The van der Waals surface area contributed by atoms with Crippen LogP contribution in [0.2, 0.25) is 0 Å². The number of halogens is 4. The highest BCUT2D eigenvalue weighted by atomic mass is 19.4. The van der Waals surface area contributed by atoms with Gasteiger partial charge in [-0.3, -0.25) is 9.78 Å². The van der Waals surface area contributed by atoms with E-state index in [2.05, 4.69) is 4.98 Å². The zero-order chi connectivity index (χ0) is 14.9. The van der Waals surface area contributed by atoms with E-state index in [9.17, 15) is 22.4 Å². The van der Waals surface area contributed by atoms with Crippen molar-refractivity contribution in [3.63, 3.8) is 0 Å². The molecule has 0 N–H and O–H groups in total. The van der Waals surface area contributed by atoms with Crippen molar-refractivity contribution in [2.75, 3.05) is 0 Å². The average molecular weight is 283 g/mol. The van der Waals surface area contributed by atoms with Crippen LogP contribution in [0.5, 0.6) is 0 Å². The third-order valence-corrected chi connectivity index (χ3v) is 2.80. The lowest BCUT2D eigenvalue weighted by molar-refractivity contribution is -0.140. The van der Waals surface area contributed by atoms with Crippen LogP contribution < -0.4 is 0 Å². The third-order valence-electron chi connectivity index (χ3n) is 2.80. The van der Waals surface area contributed by atoms with Crippen molar-refractivity contribution in [2.45, 2.75) is 13.1 Å². The minimum atomic E-state index is -4.78. The minimum Gasteiger partial charge on any atom is -0.289 e. The SMILES string of the molecule is Cc1cnccc1C(=O)c1ccc(C(F)(F)F)c(F)c1. The molecule has 0 aliphatic rings. The molecule has 6 heteroatoms. The highest BCUT2D eigenvalue weighted by molar-refractivity contribution is 6.09. The Labute approximate surface area is 112 Å². The molecule has 0 saturated heterocycles. The number of aryl methyl sites for hydroxylation is 1. The van der Waals surface area contributed by atoms with Gasteiger partial charge in [0.15, 0.2) is 5.78 Å². The van der Waals surface area contributed by atoms with Gasteiger partial charge in [-0.25, -0.2) is 4.39 Å². The number of alkyl halides is 3. The van der Waals surface area contributed by atoms with Crippen LogP contribution in [0.15, 0.2) is 36.7 Å². The summed E-state index contributed by atoms with van der Waals surface area (Å²) in [7, 11) is 0. The quantitative estimate of drug-likeness (QED) is 0.620. The van der Waals surface area contributed by atoms with Gasteiger partial charge in [0.25, 0.3) is 0 Å². The summed E-state index contributed by atoms with van der Waals surface area (Å²) in [6.07, 6.45) is -1.94. The van der Waals surface area contributed by atoms with Gasteiger partial charge >= 0.3 is 6.18 Å². The number of ketones is 1. The van der Waals surface area contributed by atoms with Crippen molar-refractivity contribution in [3.05, 3.63) is 64.7 Å². The van der Waals surface area contributed by atoms with Gasteiger partial charge in [-0.15, -0.1) is 0 Å². The molecule has 0 amide bonds. The van der Waals surface area contributed by atoms with E-state index in [0.29, 0.717) is 17.7 Å². The van der Waals surface area contributed by atoms with E-state index in [0.717, 1.165) is 6.07 Å². The van der Waals surface area contributed by atoms with E-state index < -0.39 is 23.3 Å². The van der Waals surface area contributed by atoms with Crippen molar-refractivity contribution in [2.24, 2.45) is 0 Å². The van der Waals surface area contributed by atoms with Crippen molar-refractivity contribution in [1.82, 2.24) is 4.98 Å². The molecule has 1 aromatic carbocycles. The highest BCUT2D eigenvalue weighted by Gasteiger charge is 2.34. The third kappa shape index (κ3) is 2.68. The summed E-state index contributed by atoms with van der Waals surface area (Å²) in [4.78, 5) is 15.9. The van der Waals surface area contributed by atoms with Crippen LogP contribution in [0.25, 0.3) is 0 Å². The summed E-state index contributed by atoms with van der Waals surface area (Å²) in [5.74, 6) is -2.01. The zero-order valence-electron chi connectivity index (χ0n) is 10.3. The number of benzene rings is 1. The maximum Gasteiger partial charge on any atom is 0.419 e. The predicted octanol–water partition coefficient (Wildman–Crippen LogP) is 3.78. The molecular formula is C14H9F4NO. The number of carbonyl (C=O) groups excluding carboxylic acids is 1. The second kappa shape index (κ2) is 5.03. The average Bonchev–Trinajstić information content (AvgIpc) is 2.37. The van der Waals surface area contributed by atoms with E-state index in [1.165, 1.54) is 18.5 Å². The van der Waals surface area contributed by atoms with E-state index in [1.807, 2.05) is 0 Å². The van der Waals surface area contributed by atoms with Gasteiger partial charge in [0, 0.05) is 23.5 Å². The zero-order valence-corrected chi connectivity index (χ0v) is 10.3. The van der Waals surface area contributed by atoms with Gasteiger partial charge in [-0.1, -0.05) is 6.07 Å². The van der Waals surface area contributed by atoms with Gasteiger partial charge < -0.3 is 0 Å². The molecule has 0 saturated carbocycles. The number of pyridine rings is 1. The topological polar surface area (TPSA) is 30.0 Å². The Bertz CT molecular complexity index is 664. The van der Waals surface area contributed by atoms with Gasteiger partial charge in [-0.2, -0.15) is 13.2 Å². The fourth-order valence-corrected chi connectivity index (χ4v) is 1.77. The first-order chi connectivity index (χ1) is 9.30. The molecule has 2 rings (SSSR count). The Balaban J connectivity index is 2.43. The van der Waals surface area contributed by atoms with Gasteiger partial charge in [-0.05, 0) is 30.7 Å². The molecule has 20 heavy (non-hydrogen) atoms. The fraction of sp³-hybridized carbons (Fsp3) is 0.143. The number of hydrogen-bond acceptors (Lipinski definition) is 2. The van der Waals surface area contributed by atoms with Gasteiger partial charge in [0.1, 0.15) is 5.82 Å². The van der Waals surface area contributed by atoms with Crippen molar-refractivity contribution in [1.29, 1.82) is 0 Å². The maximum absolute atomic E-state index is 13.4. The summed E-state index contributed by atoms with van der Waals surface area (Å²) in [6.45, 7) is 1.64. The smallest absolute Gasteiger partial charge is 0.289 e. The molecule has 1 aromatic heterocycles. The second-order valence-electron chi connectivity index (χ2n) is 4.21. The Morgan fingerprint density at radius 2 is 1.90 bits per heavy atom. The van der Waals surface area contributed by atoms with Gasteiger partial charge in [0.2, 0.25) is 0 Å². The molecule has 2 aromatic rings. The molecule has 0 fully saturated rings. The van der Waals surface area contributed by atoms with Crippen LogP contribution >= 0.6 is 0 Å². The van der Waals surface area contributed by atoms with Crippen molar-refractivity contribution < 1.29 is 22.4 Å². The Kier molecular flexibility index (Phi) is 3.57. The first kappa shape index (κ1) is 14.2. The Morgan fingerprint density at radius 3 is 2.45 bits per heavy atom. The van der Waals surface area contributed by atoms with Crippen LogP contribution in [0.1, 0.15) is 27.0 Å². The Hall–Kier alpha value is -2.24. The van der Waals surface area contributed by atoms with Crippen LogP contribution in [0.4, 0.5) is 17.6 Å². The number of nitrogens with zero attached hydrogens (tertiary/aromatic N) is 1. The monoisotopic (exact) mass is 283 g/mol. The summed E-state index contributed by atoms with van der Waals surface area (Å²) in [6, 6.07) is 3.57. The number of carbonyl (C=O) groups is 1. The van der Waals surface area contributed by atoms with Crippen LogP contribution in [-0.2, 0) is 6.18 Å². The number of rotatable bonds is 2. The first-order valence-electron chi connectivity index (χ1n) is 5.63. The van der Waals surface area contributed by atoms with E-state index in [1.54, 1.807) is 6.92 Å². The molecule has 2 nitrogen and oxygen atoms in total. The second-order valence-corrected chi connectivity index (χ2v) is 4.21. The summed E-state index contributed by atoms with van der Waals surface area (Å²) < 4.78 is 50.7.